The van der Waals surface area contributed by atoms with E-state index < -0.39 is 0 Å². The molecule has 0 bridgehead atoms. The monoisotopic (exact) mass is 254 g/mol. The summed E-state index contributed by atoms with van der Waals surface area (Å²) in [5, 5.41) is 4.75. The molecule has 3 rings (SSSR count). The number of aromatic nitrogens is 4. The second kappa shape index (κ2) is 4.35. The second-order valence-electron chi connectivity index (χ2n) is 4.40. The highest BCUT2D eigenvalue weighted by Crippen LogP contribution is 2.11. The molecule has 0 spiro atoms. The molecule has 0 aliphatic heterocycles. The van der Waals surface area contributed by atoms with E-state index in [4.69, 9.17) is 0 Å². The molecule has 5 nitrogen and oxygen atoms in total. The summed E-state index contributed by atoms with van der Waals surface area (Å²) in [6.07, 6.45) is 2.39. The number of hydrogen-bond donors (Lipinski definition) is 0. The molecule has 0 saturated heterocycles. The number of aryl methyl sites for hydroxylation is 2. The van der Waals surface area contributed by atoms with Crippen molar-refractivity contribution in [2.24, 2.45) is 7.05 Å². The molecule has 2 aromatic heterocycles. The first-order valence-electron chi connectivity index (χ1n) is 6.21. The molecule has 3 aromatic rings. The lowest BCUT2D eigenvalue weighted by Gasteiger charge is -2.10. The molecule has 0 atom stereocenters. The van der Waals surface area contributed by atoms with Gasteiger partial charge in [-0.15, -0.1) is 0 Å². The van der Waals surface area contributed by atoms with E-state index in [1.54, 1.807) is 22.5 Å². The standard InChI is InChI=1S/C14H14N4O/c1-3-12-15-13-11(9-17(2)16-13)14(19)18(12)10-7-5-4-6-8-10/h4-9H,3H2,1-2H3. The largest absolute Gasteiger partial charge is 0.273 e. The number of rotatable bonds is 2. The Morgan fingerprint density at radius 1 is 1.21 bits per heavy atom. The van der Waals surface area contributed by atoms with E-state index in [2.05, 4.69) is 10.1 Å². The molecule has 0 aliphatic carbocycles. The van der Waals surface area contributed by atoms with Crippen molar-refractivity contribution in [1.29, 1.82) is 0 Å². The van der Waals surface area contributed by atoms with Gasteiger partial charge in [-0.1, -0.05) is 25.1 Å². The Kier molecular flexibility index (Phi) is 2.67. The van der Waals surface area contributed by atoms with Crippen LogP contribution < -0.4 is 5.56 Å². The van der Waals surface area contributed by atoms with Crippen molar-refractivity contribution in [3.05, 3.63) is 52.7 Å². The molecule has 0 saturated carbocycles. The first-order chi connectivity index (χ1) is 9.20. The maximum absolute atomic E-state index is 12.6. The molecular formula is C14H14N4O. The van der Waals surface area contributed by atoms with Gasteiger partial charge in [0.1, 0.15) is 11.2 Å². The van der Waals surface area contributed by atoms with E-state index in [9.17, 15) is 4.79 Å². The second-order valence-corrected chi connectivity index (χ2v) is 4.40. The highest BCUT2D eigenvalue weighted by Gasteiger charge is 2.13. The van der Waals surface area contributed by atoms with Crippen molar-refractivity contribution in [3.8, 4) is 5.69 Å². The molecule has 0 N–H and O–H groups in total. The highest BCUT2D eigenvalue weighted by atomic mass is 16.1. The van der Waals surface area contributed by atoms with Gasteiger partial charge in [0.2, 0.25) is 0 Å². The van der Waals surface area contributed by atoms with E-state index in [1.807, 2.05) is 37.3 Å². The summed E-state index contributed by atoms with van der Waals surface area (Å²) < 4.78 is 3.28. The molecule has 2 heterocycles. The topological polar surface area (TPSA) is 52.7 Å². The summed E-state index contributed by atoms with van der Waals surface area (Å²) in [6, 6.07) is 9.56. The lowest BCUT2D eigenvalue weighted by molar-refractivity contribution is 0.771. The van der Waals surface area contributed by atoms with Crippen molar-refractivity contribution >= 4 is 11.0 Å². The number of nitrogens with zero attached hydrogens (tertiary/aromatic N) is 4. The zero-order valence-electron chi connectivity index (χ0n) is 10.9. The SMILES string of the molecule is CCc1nc2nn(C)cc2c(=O)n1-c1ccccc1. The van der Waals surface area contributed by atoms with Crippen LogP contribution in [0.2, 0.25) is 0 Å². The first-order valence-corrected chi connectivity index (χ1v) is 6.21. The van der Waals surface area contributed by atoms with Gasteiger partial charge in [0.15, 0.2) is 5.65 Å². The zero-order valence-corrected chi connectivity index (χ0v) is 10.9. The fraction of sp³-hybridized carbons (Fsp3) is 0.214. The smallest absolute Gasteiger partial charge is 0.269 e. The van der Waals surface area contributed by atoms with Gasteiger partial charge >= 0.3 is 0 Å². The molecule has 96 valence electrons. The highest BCUT2D eigenvalue weighted by molar-refractivity contribution is 5.73. The van der Waals surface area contributed by atoms with E-state index in [1.165, 1.54) is 0 Å². The molecule has 19 heavy (non-hydrogen) atoms. The average molecular weight is 254 g/mol. The van der Waals surface area contributed by atoms with Crippen LogP contribution in [0, 0.1) is 0 Å². The Morgan fingerprint density at radius 2 is 1.95 bits per heavy atom. The maximum atomic E-state index is 12.6. The Balaban J connectivity index is 2.40. The quantitative estimate of drug-likeness (QED) is 0.699. The number of benzene rings is 1. The van der Waals surface area contributed by atoms with Crippen molar-refractivity contribution < 1.29 is 0 Å². The van der Waals surface area contributed by atoms with Crippen molar-refractivity contribution in [3.63, 3.8) is 0 Å². The van der Waals surface area contributed by atoms with Crippen molar-refractivity contribution in [2.45, 2.75) is 13.3 Å². The number of hydrogen-bond acceptors (Lipinski definition) is 3. The van der Waals surface area contributed by atoms with Crippen LogP contribution in [0.4, 0.5) is 0 Å². The molecule has 0 unspecified atom stereocenters. The molecule has 5 heteroatoms. The fourth-order valence-electron chi connectivity index (χ4n) is 2.20. The van der Waals surface area contributed by atoms with E-state index in [-0.39, 0.29) is 5.56 Å². The van der Waals surface area contributed by atoms with Crippen molar-refractivity contribution in [2.75, 3.05) is 0 Å². The van der Waals surface area contributed by atoms with Crippen molar-refractivity contribution in [1.82, 2.24) is 19.3 Å². The molecule has 0 fully saturated rings. The third kappa shape index (κ3) is 1.83. The van der Waals surface area contributed by atoms with Crippen LogP contribution in [0.1, 0.15) is 12.7 Å². The lowest BCUT2D eigenvalue weighted by Crippen LogP contribution is -2.23. The Morgan fingerprint density at radius 3 is 2.63 bits per heavy atom. The van der Waals surface area contributed by atoms with Crippen LogP contribution >= 0.6 is 0 Å². The third-order valence-electron chi connectivity index (χ3n) is 3.07. The molecule has 1 aromatic carbocycles. The van der Waals surface area contributed by atoms with Gasteiger partial charge in [0, 0.05) is 19.7 Å². The average Bonchev–Trinajstić information content (AvgIpc) is 2.80. The van der Waals surface area contributed by atoms with E-state index >= 15 is 0 Å². The van der Waals surface area contributed by atoms with E-state index in [0.29, 0.717) is 17.5 Å². The minimum atomic E-state index is -0.0684. The minimum Gasteiger partial charge on any atom is -0.273 e. The molecular weight excluding hydrogens is 240 g/mol. The van der Waals surface area contributed by atoms with E-state index in [0.717, 1.165) is 11.5 Å². The van der Waals surface area contributed by atoms with Crippen LogP contribution in [0.3, 0.4) is 0 Å². The maximum Gasteiger partial charge on any atom is 0.269 e. The summed E-state index contributed by atoms with van der Waals surface area (Å²) >= 11 is 0. The molecule has 0 aliphatic rings. The van der Waals surface area contributed by atoms with Gasteiger partial charge < -0.3 is 0 Å². The summed E-state index contributed by atoms with van der Waals surface area (Å²) in [5.41, 5.74) is 1.28. The Hall–Kier alpha value is -2.43. The Labute approximate surface area is 110 Å². The summed E-state index contributed by atoms with van der Waals surface area (Å²) in [4.78, 5) is 17.1. The summed E-state index contributed by atoms with van der Waals surface area (Å²) in [6.45, 7) is 1.98. The third-order valence-corrected chi connectivity index (χ3v) is 3.07. The van der Waals surface area contributed by atoms with Gasteiger partial charge in [-0.25, -0.2) is 4.98 Å². The predicted molar refractivity (Wildman–Crippen MR) is 73.5 cm³/mol. The van der Waals surface area contributed by atoms with Crippen LogP contribution in [0.15, 0.2) is 41.3 Å². The van der Waals surface area contributed by atoms with Gasteiger partial charge in [0.05, 0.1) is 5.69 Å². The van der Waals surface area contributed by atoms with Crippen LogP contribution in [0.25, 0.3) is 16.7 Å². The Bertz CT molecular complexity index is 786. The normalized spacial score (nSPS) is 11.1. The fourth-order valence-corrected chi connectivity index (χ4v) is 2.20. The minimum absolute atomic E-state index is 0.0684. The van der Waals surface area contributed by atoms with Gasteiger partial charge in [-0.05, 0) is 12.1 Å². The van der Waals surface area contributed by atoms with Gasteiger partial charge in [0.25, 0.3) is 5.56 Å². The van der Waals surface area contributed by atoms with Crippen LogP contribution in [-0.2, 0) is 13.5 Å². The first kappa shape index (κ1) is 11.6. The van der Waals surface area contributed by atoms with Gasteiger partial charge in [-0.2, -0.15) is 5.10 Å². The number of para-hydroxylation sites is 1. The number of fused-ring (bicyclic) bond motifs is 1. The van der Waals surface area contributed by atoms with Crippen LogP contribution in [0.5, 0.6) is 0 Å². The zero-order chi connectivity index (χ0) is 13.4. The molecule has 0 amide bonds. The van der Waals surface area contributed by atoms with Crippen LogP contribution in [-0.4, -0.2) is 19.3 Å². The summed E-state index contributed by atoms with van der Waals surface area (Å²) in [7, 11) is 1.79. The summed E-state index contributed by atoms with van der Waals surface area (Å²) in [5.74, 6) is 0.724. The lowest BCUT2D eigenvalue weighted by atomic mass is 10.3. The van der Waals surface area contributed by atoms with Gasteiger partial charge in [-0.3, -0.25) is 14.0 Å². The predicted octanol–water partition coefficient (Wildman–Crippen LogP) is 1.68. The molecule has 0 radical (unpaired) electrons.